The number of pyridine rings is 1. The van der Waals surface area contributed by atoms with Crippen LogP contribution in [0, 0.1) is 10.1 Å². The van der Waals surface area contributed by atoms with Gasteiger partial charge in [0.05, 0.1) is 17.1 Å². The Labute approximate surface area is 145 Å². The molecule has 0 saturated heterocycles. The zero-order valence-electron chi connectivity index (χ0n) is 14.8. The number of aromatic nitrogens is 1. The molecule has 0 spiro atoms. The zero-order chi connectivity index (χ0) is 19.4. The van der Waals surface area contributed by atoms with E-state index in [0.717, 1.165) is 4.90 Å². The average Bonchev–Trinajstić information content (AvgIpc) is 2.51. The Morgan fingerprint density at radius 3 is 2.52 bits per heavy atom. The van der Waals surface area contributed by atoms with E-state index in [0.29, 0.717) is 0 Å². The summed E-state index contributed by atoms with van der Waals surface area (Å²) in [6.07, 6.45) is 0.391. The van der Waals surface area contributed by atoms with Crippen LogP contribution in [-0.2, 0) is 14.3 Å². The average molecular weight is 354 g/mol. The van der Waals surface area contributed by atoms with Crippen LogP contribution in [0.3, 0.4) is 0 Å². The third kappa shape index (κ3) is 5.11. The molecule has 1 heterocycles. The molecular weight excluding hydrogens is 332 g/mol. The fraction of sp³-hybridized carbons (Fsp3) is 0.533. The first kappa shape index (κ1) is 20.3. The summed E-state index contributed by atoms with van der Waals surface area (Å²) in [6.45, 7) is 6.65. The van der Waals surface area contributed by atoms with Gasteiger partial charge in [0.2, 0.25) is 5.82 Å². The summed E-state index contributed by atoms with van der Waals surface area (Å²) in [5.74, 6) is -1.10. The SMILES string of the molecule is CCOC(=O)C(N)c1ccnc(N(C)C(=O)OC(C)(C)C)c1[N+](=O)[O-]. The van der Waals surface area contributed by atoms with Crippen molar-refractivity contribution in [1.82, 2.24) is 4.98 Å². The smallest absolute Gasteiger partial charge is 0.415 e. The summed E-state index contributed by atoms with van der Waals surface area (Å²) in [6, 6.07) is -0.138. The Morgan fingerprint density at radius 2 is 2.04 bits per heavy atom. The van der Waals surface area contributed by atoms with E-state index in [1.165, 1.54) is 19.3 Å². The summed E-state index contributed by atoms with van der Waals surface area (Å²) in [4.78, 5) is 39.5. The van der Waals surface area contributed by atoms with E-state index < -0.39 is 34.3 Å². The monoisotopic (exact) mass is 354 g/mol. The molecule has 1 rings (SSSR count). The number of nitro groups is 1. The van der Waals surface area contributed by atoms with Crippen LogP contribution in [0.25, 0.3) is 0 Å². The molecule has 0 fully saturated rings. The Balaban J connectivity index is 3.34. The van der Waals surface area contributed by atoms with E-state index in [2.05, 4.69) is 4.98 Å². The zero-order valence-corrected chi connectivity index (χ0v) is 14.8. The van der Waals surface area contributed by atoms with Crippen molar-refractivity contribution in [1.29, 1.82) is 0 Å². The number of carbonyl (C=O) groups is 2. The van der Waals surface area contributed by atoms with Gasteiger partial charge in [-0.3, -0.25) is 15.0 Å². The first-order valence-corrected chi connectivity index (χ1v) is 7.51. The minimum atomic E-state index is -1.38. The topological polar surface area (TPSA) is 138 Å². The van der Waals surface area contributed by atoms with Gasteiger partial charge < -0.3 is 15.2 Å². The van der Waals surface area contributed by atoms with Crippen molar-refractivity contribution in [3.8, 4) is 0 Å². The predicted octanol–water partition coefficient (Wildman–Crippen LogP) is 1.92. The summed E-state index contributed by atoms with van der Waals surface area (Å²) in [5.41, 5.74) is 4.31. The Kier molecular flexibility index (Phi) is 6.40. The number of nitrogens with zero attached hydrogens (tertiary/aromatic N) is 3. The predicted molar refractivity (Wildman–Crippen MR) is 89.1 cm³/mol. The molecule has 0 aliphatic heterocycles. The van der Waals surface area contributed by atoms with Crippen molar-refractivity contribution < 1.29 is 24.0 Å². The molecule has 10 heteroatoms. The number of anilines is 1. The number of carbonyl (C=O) groups excluding carboxylic acids is 2. The molecule has 1 unspecified atom stereocenters. The van der Waals surface area contributed by atoms with Crippen LogP contribution >= 0.6 is 0 Å². The number of rotatable bonds is 5. The molecule has 0 bridgehead atoms. The third-order valence-corrected chi connectivity index (χ3v) is 2.98. The summed E-state index contributed by atoms with van der Waals surface area (Å²) < 4.78 is 9.97. The summed E-state index contributed by atoms with van der Waals surface area (Å²) in [5, 5.41) is 11.5. The number of hydrogen-bond acceptors (Lipinski definition) is 8. The van der Waals surface area contributed by atoms with Gasteiger partial charge in [-0.05, 0) is 33.8 Å². The second-order valence-corrected chi connectivity index (χ2v) is 6.10. The molecule has 1 atom stereocenters. The molecule has 138 valence electrons. The maximum Gasteiger partial charge on any atom is 0.415 e. The molecule has 0 aliphatic carbocycles. The lowest BCUT2D eigenvalue weighted by Crippen LogP contribution is -2.35. The van der Waals surface area contributed by atoms with Crippen molar-refractivity contribution in [3.63, 3.8) is 0 Å². The van der Waals surface area contributed by atoms with Gasteiger partial charge in [0.1, 0.15) is 11.6 Å². The van der Waals surface area contributed by atoms with Gasteiger partial charge in [-0.25, -0.2) is 14.6 Å². The normalized spacial score (nSPS) is 12.2. The highest BCUT2D eigenvalue weighted by molar-refractivity contribution is 5.90. The lowest BCUT2D eigenvalue weighted by atomic mass is 10.1. The highest BCUT2D eigenvalue weighted by Crippen LogP contribution is 2.33. The van der Waals surface area contributed by atoms with Crippen molar-refractivity contribution in [2.45, 2.75) is 39.3 Å². The molecule has 0 aromatic carbocycles. The second-order valence-electron chi connectivity index (χ2n) is 6.10. The molecule has 25 heavy (non-hydrogen) atoms. The van der Waals surface area contributed by atoms with Crippen molar-refractivity contribution in [2.24, 2.45) is 5.73 Å². The number of ether oxygens (including phenoxy) is 2. The quantitative estimate of drug-likeness (QED) is 0.481. The van der Waals surface area contributed by atoms with Crippen molar-refractivity contribution in [2.75, 3.05) is 18.6 Å². The molecule has 0 aliphatic rings. The van der Waals surface area contributed by atoms with Crippen LogP contribution in [-0.4, -0.2) is 41.2 Å². The van der Waals surface area contributed by atoms with Gasteiger partial charge in [0, 0.05) is 13.2 Å². The maximum absolute atomic E-state index is 12.2. The van der Waals surface area contributed by atoms with Crippen molar-refractivity contribution >= 4 is 23.6 Å². The van der Waals surface area contributed by atoms with Crippen LogP contribution in [0.15, 0.2) is 12.3 Å². The molecule has 1 aromatic rings. The van der Waals surface area contributed by atoms with Crippen LogP contribution in [0.2, 0.25) is 0 Å². The fourth-order valence-corrected chi connectivity index (χ4v) is 1.92. The van der Waals surface area contributed by atoms with Gasteiger partial charge in [-0.2, -0.15) is 0 Å². The Morgan fingerprint density at radius 1 is 1.44 bits per heavy atom. The van der Waals surface area contributed by atoms with E-state index in [-0.39, 0.29) is 18.0 Å². The highest BCUT2D eigenvalue weighted by Gasteiger charge is 2.33. The standard InChI is InChI=1S/C15H22N4O6/c1-6-24-13(20)10(16)9-7-8-17-12(11(9)19(22)23)18(5)14(21)25-15(2,3)4/h7-8,10H,6,16H2,1-5H3. The van der Waals surface area contributed by atoms with Crippen LogP contribution < -0.4 is 10.6 Å². The number of amides is 1. The highest BCUT2D eigenvalue weighted by atomic mass is 16.6. The van der Waals surface area contributed by atoms with Crippen LogP contribution in [0.1, 0.15) is 39.3 Å². The lowest BCUT2D eigenvalue weighted by Gasteiger charge is -2.24. The second kappa shape index (κ2) is 7.88. The van der Waals surface area contributed by atoms with E-state index in [1.807, 2.05) is 0 Å². The van der Waals surface area contributed by atoms with Crippen molar-refractivity contribution in [3.05, 3.63) is 27.9 Å². The largest absolute Gasteiger partial charge is 0.465 e. The molecular formula is C15H22N4O6. The van der Waals surface area contributed by atoms with E-state index in [1.54, 1.807) is 27.7 Å². The van der Waals surface area contributed by atoms with E-state index >= 15 is 0 Å². The Hall–Kier alpha value is -2.75. The minimum absolute atomic E-state index is 0.0794. The molecule has 0 radical (unpaired) electrons. The molecule has 1 amide bonds. The molecule has 1 aromatic heterocycles. The molecule has 0 saturated carbocycles. The van der Waals surface area contributed by atoms with Gasteiger partial charge in [-0.15, -0.1) is 0 Å². The lowest BCUT2D eigenvalue weighted by molar-refractivity contribution is -0.385. The summed E-state index contributed by atoms with van der Waals surface area (Å²) >= 11 is 0. The molecule has 2 N–H and O–H groups in total. The van der Waals surface area contributed by atoms with Gasteiger partial charge >= 0.3 is 17.7 Å². The number of esters is 1. The Bertz CT molecular complexity index is 670. The van der Waals surface area contributed by atoms with Crippen LogP contribution in [0.4, 0.5) is 16.3 Å². The minimum Gasteiger partial charge on any atom is -0.465 e. The van der Waals surface area contributed by atoms with Gasteiger partial charge in [-0.1, -0.05) is 0 Å². The van der Waals surface area contributed by atoms with Crippen LogP contribution in [0.5, 0.6) is 0 Å². The van der Waals surface area contributed by atoms with E-state index in [4.69, 9.17) is 15.2 Å². The number of nitrogens with two attached hydrogens (primary N) is 1. The maximum atomic E-state index is 12.2. The first-order chi connectivity index (χ1) is 11.5. The van der Waals surface area contributed by atoms with E-state index in [9.17, 15) is 19.7 Å². The third-order valence-electron chi connectivity index (χ3n) is 2.98. The summed E-state index contributed by atoms with van der Waals surface area (Å²) in [7, 11) is 1.28. The molecule has 10 nitrogen and oxygen atoms in total. The van der Waals surface area contributed by atoms with Gasteiger partial charge in [0.25, 0.3) is 0 Å². The number of hydrogen-bond donors (Lipinski definition) is 1. The first-order valence-electron chi connectivity index (χ1n) is 7.51. The fourth-order valence-electron chi connectivity index (χ4n) is 1.92. The van der Waals surface area contributed by atoms with Gasteiger partial charge in [0.15, 0.2) is 0 Å².